The Morgan fingerprint density at radius 1 is 1.10 bits per heavy atom. The minimum Gasteiger partial charge on any atom is -0.493 e. The van der Waals surface area contributed by atoms with E-state index < -0.39 is 0 Å². The molecule has 0 unspecified atom stereocenters. The van der Waals surface area contributed by atoms with Crippen LogP contribution in [-0.4, -0.2) is 36.6 Å². The van der Waals surface area contributed by atoms with Gasteiger partial charge in [-0.05, 0) is 42.8 Å². The summed E-state index contributed by atoms with van der Waals surface area (Å²) in [5, 5.41) is 1.94. The van der Waals surface area contributed by atoms with Crippen molar-refractivity contribution >= 4 is 17.2 Å². The van der Waals surface area contributed by atoms with Crippen molar-refractivity contribution < 1.29 is 19.0 Å². The molecule has 0 aliphatic rings. The maximum atomic E-state index is 13.0. The predicted octanol–water partition coefficient (Wildman–Crippen LogP) is 4.40. The second-order valence-electron chi connectivity index (χ2n) is 6.30. The zero-order valence-corrected chi connectivity index (χ0v) is 17.6. The molecule has 0 atom stereocenters. The molecule has 7 heteroatoms. The van der Waals surface area contributed by atoms with Crippen LogP contribution < -0.4 is 14.2 Å². The monoisotopic (exact) mass is 412 g/mol. The second kappa shape index (κ2) is 9.93. The summed E-state index contributed by atoms with van der Waals surface area (Å²) in [6.07, 6.45) is 0. The van der Waals surface area contributed by atoms with Gasteiger partial charge < -0.3 is 19.1 Å². The Morgan fingerprint density at radius 2 is 1.93 bits per heavy atom. The normalized spacial score (nSPS) is 10.4. The summed E-state index contributed by atoms with van der Waals surface area (Å²) >= 11 is 1.53. The molecule has 3 rings (SSSR count). The quantitative estimate of drug-likeness (QED) is 0.521. The molecular weight excluding hydrogens is 388 g/mol. The molecule has 0 aliphatic carbocycles. The van der Waals surface area contributed by atoms with Crippen LogP contribution in [0.3, 0.4) is 0 Å². The third-order valence-electron chi connectivity index (χ3n) is 4.44. The highest BCUT2D eigenvalue weighted by Gasteiger charge is 2.16. The topological polar surface area (TPSA) is 60.9 Å². The largest absolute Gasteiger partial charge is 0.493 e. The van der Waals surface area contributed by atoms with E-state index in [0.29, 0.717) is 42.5 Å². The Labute approximate surface area is 174 Å². The average Bonchev–Trinajstić information content (AvgIpc) is 3.29. The average molecular weight is 413 g/mol. The van der Waals surface area contributed by atoms with Crippen molar-refractivity contribution in [2.75, 3.05) is 20.8 Å². The predicted molar refractivity (Wildman–Crippen MR) is 113 cm³/mol. The van der Waals surface area contributed by atoms with Gasteiger partial charge in [0.25, 0.3) is 5.91 Å². The third-order valence-corrected chi connectivity index (χ3v) is 5.08. The Kier molecular flexibility index (Phi) is 7.08. The summed E-state index contributed by atoms with van der Waals surface area (Å²) in [5.41, 5.74) is 4.19. The number of ether oxygens (including phenoxy) is 3. The van der Waals surface area contributed by atoms with Gasteiger partial charge in [0.1, 0.15) is 12.4 Å². The fourth-order valence-corrected chi connectivity index (χ4v) is 3.44. The molecule has 0 N–H and O–H groups in total. The van der Waals surface area contributed by atoms with E-state index in [0.717, 1.165) is 11.3 Å². The molecule has 0 bridgehead atoms. The molecule has 0 radical (unpaired) electrons. The van der Waals surface area contributed by atoms with Gasteiger partial charge in [-0.1, -0.05) is 12.1 Å². The molecule has 0 spiro atoms. The number of hydrogen-bond donors (Lipinski definition) is 0. The maximum Gasteiger partial charge on any atom is 0.254 e. The number of thiazole rings is 1. The van der Waals surface area contributed by atoms with E-state index in [2.05, 4.69) is 4.98 Å². The van der Waals surface area contributed by atoms with Gasteiger partial charge in [0, 0.05) is 24.0 Å². The maximum absolute atomic E-state index is 13.0. The van der Waals surface area contributed by atoms with Crippen molar-refractivity contribution in [3.05, 3.63) is 70.2 Å². The Balaban J connectivity index is 1.71. The standard InChI is InChI=1S/C22H24N2O4S/c1-4-24(12-16-8-9-20(26-2)21(10-16)27-3)22(25)17-6-5-7-19(11-17)28-13-18-14-29-15-23-18/h5-11,14-15H,4,12-13H2,1-3H3. The summed E-state index contributed by atoms with van der Waals surface area (Å²) in [7, 11) is 3.20. The summed E-state index contributed by atoms with van der Waals surface area (Å²) in [5.74, 6) is 1.90. The molecule has 0 fully saturated rings. The molecule has 1 heterocycles. The van der Waals surface area contributed by atoms with Gasteiger partial charge in [0.2, 0.25) is 0 Å². The molecule has 3 aromatic rings. The van der Waals surface area contributed by atoms with E-state index in [1.807, 2.05) is 42.6 Å². The van der Waals surface area contributed by atoms with E-state index in [1.54, 1.807) is 36.8 Å². The molecule has 1 aromatic heterocycles. The highest BCUT2D eigenvalue weighted by molar-refractivity contribution is 7.07. The number of nitrogens with zero attached hydrogens (tertiary/aromatic N) is 2. The molecule has 29 heavy (non-hydrogen) atoms. The van der Waals surface area contributed by atoms with Crippen LogP contribution >= 0.6 is 11.3 Å². The Hall–Kier alpha value is -3.06. The van der Waals surface area contributed by atoms with Crippen LogP contribution in [-0.2, 0) is 13.2 Å². The summed E-state index contributed by atoms with van der Waals surface area (Å²) in [6.45, 7) is 3.39. The minimum atomic E-state index is -0.0543. The first-order chi connectivity index (χ1) is 14.1. The van der Waals surface area contributed by atoms with Crippen LogP contribution in [0.4, 0.5) is 0 Å². The van der Waals surface area contributed by atoms with Crippen LogP contribution in [0.5, 0.6) is 17.2 Å². The number of benzene rings is 2. The highest BCUT2D eigenvalue weighted by Crippen LogP contribution is 2.28. The fraction of sp³-hybridized carbons (Fsp3) is 0.273. The van der Waals surface area contributed by atoms with Crippen molar-refractivity contribution in [1.29, 1.82) is 0 Å². The lowest BCUT2D eigenvalue weighted by Crippen LogP contribution is -2.30. The van der Waals surface area contributed by atoms with E-state index >= 15 is 0 Å². The van der Waals surface area contributed by atoms with Crippen LogP contribution in [0, 0.1) is 0 Å². The summed E-state index contributed by atoms with van der Waals surface area (Å²) < 4.78 is 16.4. The first-order valence-corrected chi connectivity index (χ1v) is 10.2. The van der Waals surface area contributed by atoms with Crippen molar-refractivity contribution in [2.24, 2.45) is 0 Å². The Morgan fingerprint density at radius 3 is 2.62 bits per heavy atom. The lowest BCUT2D eigenvalue weighted by Gasteiger charge is -2.22. The van der Waals surface area contributed by atoms with Gasteiger partial charge in [-0.2, -0.15) is 0 Å². The molecule has 6 nitrogen and oxygen atoms in total. The first kappa shape index (κ1) is 20.7. The molecule has 0 saturated heterocycles. The third kappa shape index (κ3) is 5.26. The molecule has 0 saturated carbocycles. The molecule has 152 valence electrons. The number of carbonyl (C=O) groups excluding carboxylic acids is 1. The molecule has 1 amide bonds. The van der Waals surface area contributed by atoms with Gasteiger partial charge in [0.15, 0.2) is 11.5 Å². The van der Waals surface area contributed by atoms with Crippen LogP contribution in [0.25, 0.3) is 0 Å². The van der Waals surface area contributed by atoms with Crippen LogP contribution in [0.15, 0.2) is 53.4 Å². The lowest BCUT2D eigenvalue weighted by molar-refractivity contribution is 0.0752. The SMILES string of the molecule is CCN(Cc1ccc(OC)c(OC)c1)C(=O)c1cccc(OCc2cscn2)c1. The molecule has 0 aliphatic heterocycles. The number of amides is 1. The van der Waals surface area contributed by atoms with Gasteiger partial charge in [-0.3, -0.25) is 4.79 Å². The van der Waals surface area contributed by atoms with Crippen molar-refractivity contribution in [1.82, 2.24) is 9.88 Å². The van der Waals surface area contributed by atoms with Crippen LogP contribution in [0.2, 0.25) is 0 Å². The number of methoxy groups -OCH3 is 2. The number of hydrogen-bond acceptors (Lipinski definition) is 6. The van der Waals surface area contributed by atoms with E-state index in [4.69, 9.17) is 14.2 Å². The minimum absolute atomic E-state index is 0.0543. The van der Waals surface area contributed by atoms with Gasteiger partial charge in [0.05, 0.1) is 25.4 Å². The molecular formula is C22H24N2O4S. The van der Waals surface area contributed by atoms with E-state index in [1.165, 1.54) is 11.3 Å². The number of aromatic nitrogens is 1. The Bertz CT molecular complexity index is 944. The zero-order chi connectivity index (χ0) is 20.6. The first-order valence-electron chi connectivity index (χ1n) is 9.24. The summed E-state index contributed by atoms with van der Waals surface area (Å²) in [6, 6.07) is 12.9. The highest BCUT2D eigenvalue weighted by atomic mass is 32.1. The second-order valence-corrected chi connectivity index (χ2v) is 7.02. The van der Waals surface area contributed by atoms with E-state index in [-0.39, 0.29) is 5.91 Å². The van der Waals surface area contributed by atoms with E-state index in [9.17, 15) is 4.79 Å². The lowest BCUT2D eigenvalue weighted by atomic mass is 10.1. The fourth-order valence-electron chi connectivity index (χ4n) is 2.89. The van der Waals surface area contributed by atoms with Gasteiger partial charge in [-0.25, -0.2) is 4.98 Å². The van der Waals surface area contributed by atoms with Gasteiger partial charge >= 0.3 is 0 Å². The number of carbonyl (C=O) groups is 1. The van der Waals surface area contributed by atoms with Gasteiger partial charge in [-0.15, -0.1) is 11.3 Å². The zero-order valence-electron chi connectivity index (χ0n) is 16.8. The summed E-state index contributed by atoms with van der Waals surface area (Å²) in [4.78, 5) is 19.0. The van der Waals surface area contributed by atoms with Crippen molar-refractivity contribution in [3.8, 4) is 17.2 Å². The number of rotatable bonds is 9. The smallest absolute Gasteiger partial charge is 0.254 e. The molecule has 2 aromatic carbocycles. The van der Waals surface area contributed by atoms with Crippen molar-refractivity contribution in [3.63, 3.8) is 0 Å². The van der Waals surface area contributed by atoms with Crippen LogP contribution in [0.1, 0.15) is 28.5 Å². The van der Waals surface area contributed by atoms with Crippen molar-refractivity contribution in [2.45, 2.75) is 20.1 Å².